The molecule has 2 rings (SSSR count). The molecule has 0 amide bonds. The van der Waals surface area contributed by atoms with E-state index in [0.717, 1.165) is 0 Å². The highest BCUT2D eigenvalue weighted by molar-refractivity contribution is 6.36. The normalized spacial score (nSPS) is 10.8. The summed E-state index contributed by atoms with van der Waals surface area (Å²) < 4.78 is 0. The van der Waals surface area contributed by atoms with Crippen molar-refractivity contribution in [2.24, 2.45) is 5.10 Å². The van der Waals surface area contributed by atoms with Crippen LogP contribution < -0.4 is 5.43 Å². The highest BCUT2D eigenvalue weighted by Gasteiger charge is 2.13. The van der Waals surface area contributed by atoms with Crippen LogP contribution in [0, 0.1) is 10.1 Å². The maximum atomic E-state index is 10.8. The van der Waals surface area contributed by atoms with Crippen LogP contribution in [-0.2, 0) is 0 Å². The van der Waals surface area contributed by atoms with Gasteiger partial charge in [0.1, 0.15) is 5.75 Å². The highest BCUT2D eigenvalue weighted by atomic mass is 35.5. The first-order chi connectivity index (χ1) is 9.99. The van der Waals surface area contributed by atoms with Gasteiger partial charge < -0.3 is 5.11 Å². The van der Waals surface area contributed by atoms with E-state index in [1.54, 1.807) is 0 Å². The maximum Gasteiger partial charge on any atom is 0.313 e. The molecule has 0 bridgehead atoms. The molecule has 9 heteroatoms. The van der Waals surface area contributed by atoms with Crippen LogP contribution in [0.15, 0.2) is 35.6 Å². The van der Waals surface area contributed by atoms with Gasteiger partial charge in [-0.1, -0.05) is 23.2 Å². The molecule has 1 heterocycles. The minimum atomic E-state index is -0.585. The van der Waals surface area contributed by atoms with E-state index in [-0.39, 0.29) is 27.8 Å². The van der Waals surface area contributed by atoms with Crippen molar-refractivity contribution in [2.45, 2.75) is 0 Å². The zero-order chi connectivity index (χ0) is 15.4. The Bertz CT molecular complexity index is 722. The number of nitro groups is 1. The van der Waals surface area contributed by atoms with Crippen molar-refractivity contribution >= 4 is 40.9 Å². The third kappa shape index (κ3) is 3.59. The van der Waals surface area contributed by atoms with Crippen molar-refractivity contribution in [3.05, 3.63) is 56.2 Å². The number of hydrogen-bond acceptors (Lipinski definition) is 6. The summed E-state index contributed by atoms with van der Waals surface area (Å²) in [5.74, 6) is -0.214. The molecule has 2 aromatic rings. The minimum absolute atomic E-state index is 0.0219. The van der Waals surface area contributed by atoms with Gasteiger partial charge in [-0.2, -0.15) is 5.10 Å². The molecule has 1 aromatic carbocycles. The van der Waals surface area contributed by atoms with Crippen molar-refractivity contribution in [2.75, 3.05) is 5.43 Å². The molecule has 0 aliphatic rings. The van der Waals surface area contributed by atoms with E-state index in [1.165, 1.54) is 36.7 Å². The molecule has 21 heavy (non-hydrogen) atoms. The van der Waals surface area contributed by atoms with Crippen LogP contribution in [0.4, 0.5) is 11.5 Å². The van der Waals surface area contributed by atoms with Crippen molar-refractivity contribution in [3.8, 4) is 5.75 Å². The van der Waals surface area contributed by atoms with Crippen LogP contribution in [0.3, 0.4) is 0 Å². The second-order valence-electron chi connectivity index (χ2n) is 3.82. The molecule has 0 saturated heterocycles. The lowest BCUT2D eigenvalue weighted by atomic mass is 10.2. The molecule has 0 radical (unpaired) electrons. The van der Waals surface area contributed by atoms with Gasteiger partial charge in [-0.25, -0.2) is 4.98 Å². The van der Waals surface area contributed by atoms with E-state index in [1.807, 2.05) is 0 Å². The van der Waals surface area contributed by atoms with Crippen LogP contribution in [0.5, 0.6) is 5.75 Å². The van der Waals surface area contributed by atoms with Crippen molar-refractivity contribution in [1.82, 2.24) is 4.98 Å². The van der Waals surface area contributed by atoms with E-state index in [0.29, 0.717) is 5.02 Å². The van der Waals surface area contributed by atoms with Crippen LogP contribution in [0.25, 0.3) is 0 Å². The molecular formula is C12H8Cl2N4O3. The first kappa shape index (κ1) is 15.0. The fraction of sp³-hybridized carbons (Fsp3) is 0. The Labute approximate surface area is 129 Å². The summed E-state index contributed by atoms with van der Waals surface area (Å²) in [6.45, 7) is 0. The van der Waals surface area contributed by atoms with Gasteiger partial charge in [0.15, 0.2) is 0 Å². The average Bonchev–Trinajstić information content (AvgIpc) is 2.44. The Morgan fingerprint density at radius 2 is 2.19 bits per heavy atom. The number of anilines is 1. The number of aromatic nitrogens is 1. The van der Waals surface area contributed by atoms with Gasteiger partial charge in [-0.05, 0) is 18.2 Å². The maximum absolute atomic E-state index is 10.8. The number of phenols is 1. The SMILES string of the molecule is O=[N+]([O-])c1cccnc1N/N=C\c1cc(Cl)cc(Cl)c1O. The molecule has 108 valence electrons. The first-order valence-electron chi connectivity index (χ1n) is 5.55. The fourth-order valence-electron chi connectivity index (χ4n) is 1.48. The highest BCUT2D eigenvalue weighted by Crippen LogP contribution is 2.30. The summed E-state index contributed by atoms with van der Waals surface area (Å²) in [7, 11) is 0. The predicted octanol–water partition coefficient (Wildman–Crippen LogP) is 3.45. The quantitative estimate of drug-likeness (QED) is 0.509. The largest absolute Gasteiger partial charge is 0.506 e. The van der Waals surface area contributed by atoms with Crippen LogP contribution in [-0.4, -0.2) is 21.2 Å². The standard InChI is InChI=1S/C12H8Cl2N4O3/c13-8-4-7(11(19)9(14)5-8)6-16-17-12-10(18(20)21)2-1-3-15-12/h1-6,19H,(H,15,17)/b16-6-. The monoisotopic (exact) mass is 326 g/mol. The summed E-state index contributed by atoms with van der Waals surface area (Å²) in [5, 5.41) is 24.7. The Balaban J connectivity index is 2.23. The zero-order valence-electron chi connectivity index (χ0n) is 10.3. The van der Waals surface area contributed by atoms with Gasteiger partial charge in [0, 0.05) is 22.8 Å². The van der Waals surface area contributed by atoms with Gasteiger partial charge in [-0.3, -0.25) is 15.5 Å². The number of pyridine rings is 1. The summed E-state index contributed by atoms with van der Waals surface area (Å²) >= 11 is 11.6. The predicted molar refractivity (Wildman–Crippen MR) is 80.2 cm³/mol. The molecule has 7 nitrogen and oxygen atoms in total. The number of benzene rings is 1. The summed E-state index contributed by atoms with van der Waals surface area (Å²) in [6, 6.07) is 5.56. The van der Waals surface area contributed by atoms with E-state index in [2.05, 4.69) is 15.5 Å². The Morgan fingerprint density at radius 3 is 2.90 bits per heavy atom. The number of halogens is 2. The molecule has 0 atom stereocenters. The molecular weight excluding hydrogens is 319 g/mol. The number of nitrogens with zero attached hydrogens (tertiary/aromatic N) is 3. The lowest BCUT2D eigenvalue weighted by molar-refractivity contribution is -0.384. The third-order valence-corrected chi connectivity index (χ3v) is 2.92. The summed E-state index contributed by atoms with van der Waals surface area (Å²) in [5.41, 5.74) is 2.47. The van der Waals surface area contributed by atoms with Gasteiger partial charge in [-0.15, -0.1) is 0 Å². The van der Waals surface area contributed by atoms with Gasteiger partial charge in [0.25, 0.3) is 0 Å². The molecule has 0 aliphatic carbocycles. The number of phenolic OH excluding ortho intramolecular Hbond substituents is 1. The van der Waals surface area contributed by atoms with Crippen molar-refractivity contribution in [3.63, 3.8) is 0 Å². The van der Waals surface area contributed by atoms with Crippen molar-refractivity contribution in [1.29, 1.82) is 0 Å². The van der Waals surface area contributed by atoms with Gasteiger partial charge in [0.2, 0.25) is 5.82 Å². The topological polar surface area (TPSA) is 101 Å². The number of rotatable bonds is 4. The first-order valence-corrected chi connectivity index (χ1v) is 6.31. The number of nitrogens with one attached hydrogen (secondary N) is 1. The Kier molecular flexibility index (Phi) is 4.56. The molecule has 0 unspecified atom stereocenters. The summed E-state index contributed by atoms with van der Waals surface area (Å²) in [4.78, 5) is 14.0. The molecule has 0 spiro atoms. The minimum Gasteiger partial charge on any atom is -0.506 e. The molecule has 0 fully saturated rings. The number of aromatic hydroxyl groups is 1. The molecule has 0 saturated carbocycles. The average molecular weight is 327 g/mol. The lowest BCUT2D eigenvalue weighted by Gasteiger charge is -2.03. The van der Waals surface area contributed by atoms with E-state index >= 15 is 0 Å². The van der Waals surface area contributed by atoms with E-state index in [4.69, 9.17) is 23.2 Å². The van der Waals surface area contributed by atoms with Crippen LogP contribution in [0.1, 0.15) is 5.56 Å². The Morgan fingerprint density at radius 1 is 1.43 bits per heavy atom. The van der Waals surface area contributed by atoms with E-state index in [9.17, 15) is 15.2 Å². The Hall–Kier alpha value is -2.38. The van der Waals surface area contributed by atoms with Gasteiger partial charge in [0.05, 0.1) is 16.2 Å². The second-order valence-corrected chi connectivity index (χ2v) is 4.67. The smallest absolute Gasteiger partial charge is 0.313 e. The second kappa shape index (κ2) is 6.38. The zero-order valence-corrected chi connectivity index (χ0v) is 11.8. The molecule has 2 N–H and O–H groups in total. The van der Waals surface area contributed by atoms with E-state index < -0.39 is 4.92 Å². The number of hydrogen-bond donors (Lipinski definition) is 2. The molecule has 1 aromatic heterocycles. The summed E-state index contributed by atoms with van der Waals surface area (Å²) in [6.07, 6.45) is 2.62. The number of hydrazone groups is 1. The molecule has 0 aliphatic heterocycles. The third-order valence-electron chi connectivity index (χ3n) is 2.41. The fourth-order valence-corrected chi connectivity index (χ4v) is 1.99. The lowest BCUT2D eigenvalue weighted by Crippen LogP contribution is -1.99. The van der Waals surface area contributed by atoms with Crippen LogP contribution >= 0.6 is 23.2 Å². The van der Waals surface area contributed by atoms with Crippen LogP contribution in [0.2, 0.25) is 10.0 Å². The van der Waals surface area contributed by atoms with Gasteiger partial charge >= 0.3 is 5.69 Å². The van der Waals surface area contributed by atoms with Crippen molar-refractivity contribution < 1.29 is 10.0 Å².